The van der Waals surface area contributed by atoms with Gasteiger partial charge in [-0.05, 0) is 13.3 Å². The second kappa shape index (κ2) is 6.16. The fraction of sp³-hybridized carbons (Fsp3) is 0.455. The van der Waals surface area contributed by atoms with Gasteiger partial charge in [-0.1, -0.05) is 0 Å². The highest BCUT2D eigenvalue weighted by Crippen LogP contribution is 2.16. The lowest BCUT2D eigenvalue weighted by Gasteiger charge is -2.07. The minimum absolute atomic E-state index is 0.0764. The molecule has 2 heterocycles. The summed E-state index contributed by atoms with van der Waals surface area (Å²) < 4.78 is 27.0. The van der Waals surface area contributed by atoms with Gasteiger partial charge in [0.15, 0.2) is 0 Å². The SMILES string of the molecule is Cc1[nH]nc(CN)c1S(=O)(=O)NCCCc1ncc[nH]1. The Hall–Kier alpha value is -1.71. The zero-order chi connectivity index (χ0) is 14.6. The van der Waals surface area contributed by atoms with Gasteiger partial charge in [0, 0.05) is 31.9 Å². The highest BCUT2D eigenvalue weighted by Gasteiger charge is 2.22. The van der Waals surface area contributed by atoms with Crippen molar-refractivity contribution in [3.05, 3.63) is 29.6 Å². The molecule has 0 amide bonds. The summed E-state index contributed by atoms with van der Waals surface area (Å²) in [5.74, 6) is 0.839. The van der Waals surface area contributed by atoms with Crippen molar-refractivity contribution in [3.8, 4) is 0 Å². The van der Waals surface area contributed by atoms with Crippen molar-refractivity contribution in [1.29, 1.82) is 0 Å². The lowest BCUT2D eigenvalue weighted by Crippen LogP contribution is -2.26. The smallest absolute Gasteiger partial charge is 0.244 e. The quantitative estimate of drug-likeness (QED) is 0.526. The van der Waals surface area contributed by atoms with Gasteiger partial charge in [-0.2, -0.15) is 5.10 Å². The number of nitrogens with two attached hydrogens (primary N) is 1. The number of imidazole rings is 1. The van der Waals surface area contributed by atoms with Crippen molar-refractivity contribution in [2.45, 2.75) is 31.2 Å². The van der Waals surface area contributed by atoms with Gasteiger partial charge in [0.25, 0.3) is 0 Å². The van der Waals surface area contributed by atoms with Crippen molar-refractivity contribution in [2.24, 2.45) is 5.73 Å². The van der Waals surface area contributed by atoms with E-state index < -0.39 is 10.0 Å². The third-order valence-electron chi connectivity index (χ3n) is 2.86. The summed E-state index contributed by atoms with van der Waals surface area (Å²) in [7, 11) is -3.59. The Morgan fingerprint density at radius 3 is 2.90 bits per heavy atom. The number of aromatic nitrogens is 4. The van der Waals surface area contributed by atoms with Gasteiger partial charge in [0.1, 0.15) is 10.7 Å². The largest absolute Gasteiger partial charge is 0.349 e. The first-order chi connectivity index (χ1) is 9.54. The number of nitrogens with zero attached hydrogens (tertiary/aromatic N) is 2. The molecule has 0 atom stereocenters. The number of aromatic amines is 2. The molecule has 0 aliphatic heterocycles. The number of aryl methyl sites for hydroxylation is 2. The van der Waals surface area contributed by atoms with Gasteiger partial charge < -0.3 is 10.7 Å². The van der Waals surface area contributed by atoms with Crippen LogP contribution < -0.4 is 10.5 Å². The molecule has 110 valence electrons. The maximum atomic E-state index is 12.2. The fourth-order valence-corrected chi connectivity index (χ4v) is 3.38. The van der Waals surface area contributed by atoms with E-state index in [-0.39, 0.29) is 11.4 Å². The van der Waals surface area contributed by atoms with E-state index in [4.69, 9.17) is 5.73 Å². The van der Waals surface area contributed by atoms with E-state index in [2.05, 4.69) is 24.9 Å². The lowest BCUT2D eigenvalue weighted by molar-refractivity contribution is 0.576. The number of sulfonamides is 1. The summed E-state index contributed by atoms with van der Waals surface area (Å²) in [5, 5.41) is 6.53. The van der Waals surface area contributed by atoms with E-state index in [9.17, 15) is 8.42 Å². The van der Waals surface area contributed by atoms with Crippen LogP contribution in [0.4, 0.5) is 0 Å². The van der Waals surface area contributed by atoms with Crippen LogP contribution in [0.15, 0.2) is 17.3 Å². The molecular formula is C11H18N6O2S. The van der Waals surface area contributed by atoms with Crippen LogP contribution in [0, 0.1) is 6.92 Å². The standard InChI is InChI=1S/C11H18N6O2S/c1-8-11(9(7-12)17-16-8)20(18,19)15-4-2-3-10-13-5-6-14-10/h5-6,15H,2-4,7,12H2,1H3,(H,13,14)(H,16,17). The van der Waals surface area contributed by atoms with E-state index in [1.807, 2.05) is 0 Å². The van der Waals surface area contributed by atoms with Crippen molar-refractivity contribution in [3.63, 3.8) is 0 Å². The summed E-state index contributed by atoms with van der Waals surface area (Å²) in [6.45, 7) is 2.06. The predicted octanol–water partition coefficient (Wildman–Crippen LogP) is -0.189. The number of rotatable bonds is 7. The van der Waals surface area contributed by atoms with Crippen LogP contribution in [0.3, 0.4) is 0 Å². The molecule has 0 aliphatic carbocycles. The van der Waals surface area contributed by atoms with Crippen LogP contribution in [-0.4, -0.2) is 35.1 Å². The topological polar surface area (TPSA) is 130 Å². The average Bonchev–Trinajstić information content (AvgIpc) is 3.03. The van der Waals surface area contributed by atoms with Gasteiger partial charge in [-0.15, -0.1) is 0 Å². The molecule has 0 aromatic carbocycles. The molecule has 0 unspecified atom stereocenters. The van der Waals surface area contributed by atoms with Crippen molar-refractivity contribution < 1.29 is 8.42 Å². The molecule has 2 aromatic rings. The van der Waals surface area contributed by atoms with E-state index in [1.165, 1.54) is 0 Å². The number of hydrogen-bond donors (Lipinski definition) is 4. The molecule has 8 nitrogen and oxygen atoms in total. The molecular weight excluding hydrogens is 280 g/mol. The Morgan fingerprint density at radius 1 is 1.45 bits per heavy atom. The number of hydrogen-bond acceptors (Lipinski definition) is 5. The molecule has 2 rings (SSSR count). The first-order valence-electron chi connectivity index (χ1n) is 6.26. The van der Waals surface area contributed by atoms with Gasteiger partial charge in [0.05, 0.1) is 11.4 Å². The summed E-state index contributed by atoms with van der Waals surface area (Å²) in [4.78, 5) is 7.20. The monoisotopic (exact) mass is 298 g/mol. The zero-order valence-corrected chi connectivity index (χ0v) is 12.0. The van der Waals surface area contributed by atoms with Crippen LogP contribution in [0.25, 0.3) is 0 Å². The maximum Gasteiger partial charge on any atom is 0.244 e. The number of nitrogens with one attached hydrogen (secondary N) is 3. The van der Waals surface area contributed by atoms with E-state index in [0.717, 1.165) is 5.82 Å². The van der Waals surface area contributed by atoms with E-state index >= 15 is 0 Å². The first-order valence-corrected chi connectivity index (χ1v) is 7.74. The molecule has 0 fully saturated rings. The van der Waals surface area contributed by atoms with Crippen LogP contribution in [-0.2, 0) is 23.0 Å². The minimum atomic E-state index is -3.59. The molecule has 0 bridgehead atoms. The molecule has 2 aromatic heterocycles. The van der Waals surface area contributed by atoms with Crippen molar-refractivity contribution in [1.82, 2.24) is 24.9 Å². The Bertz CT molecular complexity index is 647. The van der Waals surface area contributed by atoms with Gasteiger partial charge in [0.2, 0.25) is 10.0 Å². The van der Waals surface area contributed by atoms with Crippen LogP contribution in [0.2, 0.25) is 0 Å². The maximum absolute atomic E-state index is 12.2. The third kappa shape index (κ3) is 3.24. The summed E-state index contributed by atoms with van der Waals surface area (Å²) in [5.41, 5.74) is 6.33. The first kappa shape index (κ1) is 14.7. The van der Waals surface area contributed by atoms with E-state index in [1.54, 1.807) is 19.3 Å². The Labute approximate surface area is 117 Å². The Balaban J connectivity index is 1.95. The lowest BCUT2D eigenvalue weighted by atomic mass is 10.3. The Morgan fingerprint density at radius 2 is 2.25 bits per heavy atom. The normalized spacial score (nSPS) is 11.9. The molecule has 20 heavy (non-hydrogen) atoms. The van der Waals surface area contributed by atoms with Crippen molar-refractivity contribution >= 4 is 10.0 Å². The predicted molar refractivity (Wildman–Crippen MR) is 73.3 cm³/mol. The average molecular weight is 298 g/mol. The van der Waals surface area contributed by atoms with E-state index in [0.29, 0.717) is 30.8 Å². The summed E-state index contributed by atoms with van der Waals surface area (Å²) >= 11 is 0. The van der Waals surface area contributed by atoms with Gasteiger partial charge in [-0.3, -0.25) is 5.10 Å². The van der Waals surface area contributed by atoms with Crippen molar-refractivity contribution in [2.75, 3.05) is 6.54 Å². The van der Waals surface area contributed by atoms with Crippen LogP contribution in [0.1, 0.15) is 23.6 Å². The number of H-pyrrole nitrogens is 2. The molecule has 5 N–H and O–H groups in total. The van der Waals surface area contributed by atoms with Gasteiger partial charge in [-0.25, -0.2) is 18.1 Å². The molecule has 9 heteroatoms. The highest BCUT2D eigenvalue weighted by atomic mass is 32.2. The third-order valence-corrected chi connectivity index (χ3v) is 4.52. The molecule has 0 saturated carbocycles. The second-order valence-electron chi connectivity index (χ2n) is 4.37. The molecule has 0 saturated heterocycles. The van der Waals surface area contributed by atoms with Crippen LogP contribution >= 0.6 is 0 Å². The molecule has 0 aliphatic rings. The fourth-order valence-electron chi connectivity index (χ4n) is 1.93. The summed E-state index contributed by atoms with van der Waals surface area (Å²) in [6.07, 6.45) is 4.75. The second-order valence-corrected chi connectivity index (χ2v) is 6.07. The molecule has 0 spiro atoms. The highest BCUT2D eigenvalue weighted by molar-refractivity contribution is 7.89. The molecule has 0 radical (unpaired) electrons. The Kier molecular flexibility index (Phi) is 4.53. The van der Waals surface area contributed by atoms with Gasteiger partial charge >= 0.3 is 0 Å². The zero-order valence-electron chi connectivity index (χ0n) is 11.2. The minimum Gasteiger partial charge on any atom is -0.349 e. The summed E-state index contributed by atoms with van der Waals surface area (Å²) in [6, 6.07) is 0. The van der Waals surface area contributed by atoms with Crippen LogP contribution in [0.5, 0.6) is 0 Å².